The molecule has 2 fully saturated rings. The number of hydrogen-bond donors (Lipinski definition) is 2. The van der Waals surface area contributed by atoms with E-state index in [2.05, 4.69) is 32.2 Å². The number of nitrogens with two attached hydrogens (primary N) is 1. The first-order valence-electron chi connectivity index (χ1n) is 15.2. The summed E-state index contributed by atoms with van der Waals surface area (Å²) in [5, 5.41) is 2.62. The van der Waals surface area contributed by atoms with Gasteiger partial charge in [-0.05, 0) is 91.4 Å². The van der Waals surface area contributed by atoms with Crippen LogP contribution in [0.3, 0.4) is 0 Å². The summed E-state index contributed by atoms with van der Waals surface area (Å²) in [5.74, 6) is 0.318. The molecule has 2 aromatic rings. The van der Waals surface area contributed by atoms with Crippen molar-refractivity contribution in [2.24, 2.45) is 11.1 Å². The number of likely N-dealkylation sites (N-methyl/N-ethyl adjacent to an activating group) is 1. The van der Waals surface area contributed by atoms with Gasteiger partial charge in [-0.3, -0.25) is 14.9 Å². The maximum Gasteiger partial charge on any atom is 0.413 e. The Morgan fingerprint density at radius 1 is 1.12 bits per heavy atom. The lowest BCUT2D eigenvalue weighted by Crippen LogP contribution is -2.42. The Bertz CT molecular complexity index is 1420. The van der Waals surface area contributed by atoms with E-state index in [1.54, 1.807) is 45.2 Å². The molecule has 43 heavy (non-hydrogen) atoms. The van der Waals surface area contributed by atoms with Crippen LogP contribution in [0.2, 0.25) is 0 Å². The van der Waals surface area contributed by atoms with Gasteiger partial charge in [0.2, 0.25) is 17.5 Å². The number of allylic oxidation sites excluding steroid dienone is 2. The molecule has 1 amide bonds. The van der Waals surface area contributed by atoms with Crippen molar-refractivity contribution in [1.29, 1.82) is 0 Å². The number of ketones is 2. The lowest BCUT2D eigenvalue weighted by molar-refractivity contribution is -0.129. The summed E-state index contributed by atoms with van der Waals surface area (Å²) in [6.45, 7) is 6.79. The Kier molecular flexibility index (Phi) is 8.82. The number of carbonyl (C=O) groups excluding carboxylic acids is 3. The highest BCUT2D eigenvalue weighted by atomic mass is 16.6. The van der Waals surface area contributed by atoms with Crippen molar-refractivity contribution < 1.29 is 23.9 Å². The summed E-state index contributed by atoms with van der Waals surface area (Å²) in [5.41, 5.74) is 7.12. The van der Waals surface area contributed by atoms with Gasteiger partial charge in [-0.15, -0.1) is 0 Å². The van der Waals surface area contributed by atoms with Crippen molar-refractivity contribution in [3.63, 3.8) is 0 Å². The lowest BCUT2D eigenvalue weighted by Gasteiger charge is -2.40. The van der Waals surface area contributed by atoms with Gasteiger partial charge in [0, 0.05) is 41.6 Å². The van der Waals surface area contributed by atoms with E-state index < -0.39 is 17.1 Å². The van der Waals surface area contributed by atoms with Gasteiger partial charge >= 0.3 is 6.09 Å². The number of nitrogens with zero attached hydrogens (tertiary/aromatic N) is 4. The second-order valence-electron chi connectivity index (χ2n) is 12.8. The van der Waals surface area contributed by atoms with Crippen molar-refractivity contribution in [2.75, 3.05) is 25.5 Å². The molecule has 0 bridgehead atoms. The number of aromatic nitrogens is 3. The second-order valence-corrected chi connectivity index (χ2v) is 12.8. The first-order valence-corrected chi connectivity index (χ1v) is 15.2. The first-order chi connectivity index (χ1) is 20.4. The van der Waals surface area contributed by atoms with Gasteiger partial charge in [-0.25, -0.2) is 14.8 Å². The van der Waals surface area contributed by atoms with Crippen LogP contribution < -0.4 is 15.8 Å². The summed E-state index contributed by atoms with van der Waals surface area (Å²) >= 11 is 0. The Balaban J connectivity index is 1.45. The maximum absolute atomic E-state index is 14.0. The van der Waals surface area contributed by atoms with Crippen molar-refractivity contribution in [1.82, 2.24) is 19.9 Å². The number of anilines is 1. The quantitative estimate of drug-likeness (QED) is 0.419. The molecule has 2 aromatic heterocycles. The van der Waals surface area contributed by atoms with E-state index in [0.29, 0.717) is 67.1 Å². The molecule has 1 saturated carbocycles. The van der Waals surface area contributed by atoms with Crippen molar-refractivity contribution in [2.45, 2.75) is 90.2 Å². The number of Topliss-reactive ketones (excluding diaryl/α,β-unsaturated/α-hetero) is 2. The van der Waals surface area contributed by atoms with E-state index in [-0.39, 0.29) is 29.3 Å². The Labute approximate surface area is 252 Å². The molecular formula is C32H42N6O5. The minimum absolute atomic E-state index is 0.0264. The van der Waals surface area contributed by atoms with Gasteiger partial charge in [-0.2, -0.15) is 4.98 Å². The highest BCUT2D eigenvalue weighted by molar-refractivity contribution is 6.08. The monoisotopic (exact) mass is 590 g/mol. The fourth-order valence-corrected chi connectivity index (χ4v) is 6.28. The average Bonchev–Trinajstić information content (AvgIpc) is 3.38. The van der Waals surface area contributed by atoms with Gasteiger partial charge in [0.25, 0.3) is 0 Å². The summed E-state index contributed by atoms with van der Waals surface area (Å²) in [7, 11) is 2.07. The van der Waals surface area contributed by atoms with E-state index in [9.17, 15) is 14.4 Å². The summed E-state index contributed by atoms with van der Waals surface area (Å²) in [6, 6.07) is 5.33. The minimum atomic E-state index is -0.758. The third-order valence-electron chi connectivity index (χ3n) is 8.63. The third kappa shape index (κ3) is 6.87. The molecule has 1 aliphatic heterocycles. The SMILES string of the molecule is CN1CCC[C@H]1COc1cc(-c2ccc(NC(=O)OC(C)(C)C)nc2)nc(C(=O)C2=C(N)[C@]3(CCCCC3=O)CCC2)n1. The van der Waals surface area contributed by atoms with Crippen LogP contribution >= 0.6 is 0 Å². The van der Waals surface area contributed by atoms with Gasteiger partial charge in [-0.1, -0.05) is 6.42 Å². The van der Waals surface area contributed by atoms with Gasteiger partial charge in [0.1, 0.15) is 23.8 Å². The topological polar surface area (TPSA) is 150 Å². The van der Waals surface area contributed by atoms with Crippen LogP contribution in [0, 0.1) is 5.41 Å². The molecule has 3 N–H and O–H groups in total. The van der Waals surface area contributed by atoms with Crippen LogP contribution in [0.1, 0.15) is 89.2 Å². The van der Waals surface area contributed by atoms with Gasteiger partial charge < -0.3 is 20.1 Å². The number of carbonyl (C=O) groups is 3. The number of hydrogen-bond acceptors (Lipinski definition) is 10. The predicted octanol–water partition coefficient (Wildman–Crippen LogP) is 5.07. The average molecular weight is 591 g/mol. The fraction of sp³-hybridized carbons (Fsp3) is 0.562. The summed E-state index contributed by atoms with van der Waals surface area (Å²) in [6.07, 6.45) is 7.88. The molecule has 0 unspecified atom stereocenters. The smallest absolute Gasteiger partial charge is 0.413 e. The van der Waals surface area contributed by atoms with E-state index in [1.165, 1.54) is 0 Å². The van der Waals surface area contributed by atoms with Crippen LogP contribution in [-0.4, -0.2) is 69.4 Å². The van der Waals surface area contributed by atoms with Crippen LogP contribution in [-0.2, 0) is 9.53 Å². The number of rotatable bonds is 7. The Morgan fingerprint density at radius 3 is 2.58 bits per heavy atom. The standard InChI is InChI=1S/C32H42N6O5/c1-31(2,3)43-30(41)36-25-13-12-20(18-34-25)23-17-26(42-19-21-9-8-16-38(21)4)37-29(35-23)27(40)22-10-7-15-32(28(22)33)14-6-5-11-24(32)39/h12-13,17-18,21H,5-11,14-16,19,33H2,1-4H3,(H,34,36,41)/t21-,32+/m0/s1. The highest BCUT2D eigenvalue weighted by Gasteiger charge is 2.46. The van der Waals surface area contributed by atoms with E-state index in [0.717, 1.165) is 32.2 Å². The van der Waals surface area contributed by atoms with Crippen LogP contribution in [0.4, 0.5) is 10.6 Å². The predicted molar refractivity (Wildman–Crippen MR) is 162 cm³/mol. The molecule has 3 aliphatic rings. The third-order valence-corrected chi connectivity index (χ3v) is 8.63. The molecule has 2 atom stereocenters. The summed E-state index contributed by atoms with van der Waals surface area (Å²) in [4.78, 5) is 54.9. The molecule has 11 nitrogen and oxygen atoms in total. The molecule has 3 heterocycles. The normalized spacial score (nSPS) is 23.0. The van der Waals surface area contributed by atoms with E-state index in [1.807, 2.05) is 0 Å². The van der Waals surface area contributed by atoms with E-state index >= 15 is 0 Å². The fourth-order valence-electron chi connectivity index (χ4n) is 6.28. The molecule has 0 radical (unpaired) electrons. The molecule has 0 aromatic carbocycles. The Morgan fingerprint density at radius 2 is 1.91 bits per heavy atom. The number of pyridine rings is 1. The zero-order valence-corrected chi connectivity index (χ0v) is 25.6. The van der Waals surface area contributed by atoms with Crippen LogP contribution in [0.15, 0.2) is 35.7 Å². The molecule has 11 heteroatoms. The van der Waals surface area contributed by atoms with E-state index in [4.69, 9.17) is 15.2 Å². The van der Waals surface area contributed by atoms with Crippen LogP contribution in [0.25, 0.3) is 11.3 Å². The number of nitrogens with one attached hydrogen (secondary N) is 1. The Hall–Kier alpha value is -3.86. The van der Waals surface area contributed by atoms with Gasteiger partial charge in [0.15, 0.2) is 0 Å². The maximum atomic E-state index is 14.0. The molecular weight excluding hydrogens is 548 g/mol. The first kappa shape index (κ1) is 30.6. The van der Waals surface area contributed by atoms with Crippen LogP contribution in [0.5, 0.6) is 5.88 Å². The van der Waals surface area contributed by atoms with Crippen molar-refractivity contribution >= 4 is 23.5 Å². The number of amides is 1. The van der Waals surface area contributed by atoms with Gasteiger partial charge in [0.05, 0.1) is 11.1 Å². The molecule has 1 saturated heterocycles. The minimum Gasteiger partial charge on any atom is -0.476 e. The van der Waals surface area contributed by atoms with Crippen molar-refractivity contribution in [3.05, 3.63) is 41.5 Å². The second kappa shape index (κ2) is 12.4. The largest absolute Gasteiger partial charge is 0.476 e. The molecule has 230 valence electrons. The summed E-state index contributed by atoms with van der Waals surface area (Å²) < 4.78 is 11.4. The lowest BCUT2D eigenvalue weighted by atomic mass is 9.64. The molecule has 2 aliphatic carbocycles. The molecule has 1 spiro atoms. The zero-order valence-electron chi connectivity index (χ0n) is 25.6. The number of likely N-dealkylation sites (tertiary alicyclic amines) is 1. The zero-order chi connectivity index (χ0) is 30.8. The highest BCUT2D eigenvalue weighted by Crippen LogP contribution is 2.47. The molecule has 5 rings (SSSR count). The number of ether oxygens (including phenoxy) is 2. The van der Waals surface area contributed by atoms with Crippen molar-refractivity contribution in [3.8, 4) is 17.1 Å².